The number of nitrogens with zero attached hydrogens (tertiary/aromatic N) is 1. The Balaban J connectivity index is 1.86. The van der Waals surface area contributed by atoms with Crippen molar-refractivity contribution in [2.45, 2.75) is 12.3 Å². The van der Waals surface area contributed by atoms with Crippen molar-refractivity contribution < 1.29 is 28.2 Å². The normalized spacial score (nSPS) is 17.8. The number of amides is 2. The number of benzene rings is 2. The van der Waals surface area contributed by atoms with E-state index in [4.69, 9.17) is 14.2 Å². The van der Waals surface area contributed by atoms with Crippen molar-refractivity contribution >= 4 is 11.8 Å². The van der Waals surface area contributed by atoms with Gasteiger partial charge in [-0.15, -0.1) is 0 Å². The molecule has 1 N–H and O–H groups in total. The Hall–Kier alpha value is -3.13. The summed E-state index contributed by atoms with van der Waals surface area (Å²) in [7, 11) is 4.75. The second kappa shape index (κ2) is 10.9. The quantitative estimate of drug-likeness (QED) is 0.602. The van der Waals surface area contributed by atoms with Gasteiger partial charge in [-0.3, -0.25) is 9.59 Å². The van der Waals surface area contributed by atoms with Gasteiger partial charge in [0.15, 0.2) is 0 Å². The standard InChI is InChI=1S/C24H29FN2O5/c1-30-12-4-11-26-23(28)21-15-27(24(29)16-5-7-17(25)8-6-16)14-20(21)19-10-9-18(31-2)13-22(19)32-3/h5-10,13,20-21H,4,11-12,14-15H2,1-3H3,(H,26,28)/t20-,21+/m0/s1. The number of likely N-dealkylation sites (tertiary alicyclic amines) is 1. The van der Waals surface area contributed by atoms with Crippen LogP contribution in [0.2, 0.25) is 0 Å². The Morgan fingerprint density at radius 3 is 2.47 bits per heavy atom. The summed E-state index contributed by atoms with van der Waals surface area (Å²) in [6, 6.07) is 10.9. The van der Waals surface area contributed by atoms with Gasteiger partial charge in [0.1, 0.15) is 17.3 Å². The Morgan fingerprint density at radius 1 is 1.06 bits per heavy atom. The first-order valence-corrected chi connectivity index (χ1v) is 10.5. The van der Waals surface area contributed by atoms with E-state index in [1.54, 1.807) is 32.3 Å². The Morgan fingerprint density at radius 2 is 1.81 bits per heavy atom. The highest BCUT2D eigenvalue weighted by Gasteiger charge is 2.41. The van der Waals surface area contributed by atoms with Crippen LogP contribution in [0.3, 0.4) is 0 Å². The molecule has 172 valence electrons. The first-order valence-electron chi connectivity index (χ1n) is 10.5. The fourth-order valence-electron chi connectivity index (χ4n) is 4.01. The molecule has 1 heterocycles. The predicted molar refractivity (Wildman–Crippen MR) is 118 cm³/mol. The smallest absolute Gasteiger partial charge is 0.253 e. The number of nitrogens with one attached hydrogen (secondary N) is 1. The number of ether oxygens (including phenoxy) is 3. The van der Waals surface area contributed by atoms with E-state index in [9.17, 15) is 14.0 Å². The number of rotatable bonds is 9. The van der Waals surface area contributed by atoms with E-state index in [1.165, 1.54) is 24.3 Å². The van der Waals surface area contributed by atoms with Gasteiger partial charge in [0.2, 0.25) is 5.91 Å². The fourth-order valence-corrected chi connectivity index (χ4v) is 4.01. The Labute approximate surface area is 187 Å². The van der Waals surface area contributed by atoms with Crippen LogP contribution in [0, 0.1) is 11.7 Å². The van der Waals surface area contributed by atoms with Crippen LogP contribution in [0.15, 0.2) is 42.5 Å². The molecule has 0 unspecified atom stereocenters. The molecule has 0 radical (unpaired) electrons. The third kappa shape index (κ3) is 5.37. The summed E-state index contributed by atoms with van der Waals surface area (Å²) >= 11 is 0. The number of halogens is 1. The molecule has 32 heavy (non-hydrogen) atoms. The predicted octanol–water partition coefficient (Wildman–Crippen LogP) is 2.85. The highest BCUT2D eigenvalue weighted by Crippen LogP contribution is 2.39. The SMILES string of the molecule is COCCCNC(=O)[C@@H]1CN(C(=O)c2ccc(F)cc2)C[C@H]1c1ccc(OC)cc1OC. The highest BCUT2D eigenvalue weighted by atomic mass is 19.1. The lowest BCUT2D eigenvalue weighted by atomic mass is 9.87. The van der Waals surface area contributed by atoms with Gasteiger partial charge in [-0.05, 0) is 36.8 Å². The van der Waals surface area contributed by atoms with E-state index in [2.05, 4.69) is 5.32 Å². The maximum absolute atomic E-state index is 13.3. The molecule has 2 atom stereocenters. The third-order valence-corrected chi connectivity index (χ3v) is 5.70. The molecule has 0 saturated carbocycles. The second-order valence-corrected chi connectivity index (χ2v) is 7.68. The first-order chi connectivity index (χ1) is 15.5. The van der Waals surface area contributed by atoms with E-state index < -0.39 is 11.7 Å². The van der Waals surface area contributed by atoms with E-state index in [0.717, 1.165) is 5.56 Å². The van der Waals surface area contributed by atoms with Crippen LogP contribution in [-0.2, 0) is 9.53 Å². The minimum atomic E-state index is -0.454. The molecular weight excluding hydrogens is 415 g/mol. The van der Waals surface area contributed by atoms with Crippen LogP contribution in [0.5, 0.6) is 11.5 Å². The molecule has 1 aliphatic rings. The zero-order valence-corrected chi connectivity index (χ0v) is 18.6. The van der Waals surface area contributed by atoms with Gasteiger partial charge < -0.3 is 24.4 Å². The maximum atomic E-state index is 13.3. The van der Waals surface area contributed by atoms with Crippen molar-refractivity contribution in [3.05, 3.63) is 59.4 Å². The van der Waals surface area contributed by atoms with Crippen LogP contribution in [-0.4, -0.2) is 64.3 Å². The molecule has 0 bridgehead atoms. The highest BCUT2D eigenvalue weighted by molar-refractivity contribution is 5.95. The van der Waals surface area contributed by atoms with Crippen LogP contribution < -0.4 is 14.8 Å². The van der Waals surface area contributed by atoms with Crippen LogP contribution in [0.1, 0.15) is 28.3 Å². The van der Waals surface area contributed by atoms with Gasteiger partial charge in [0.25, 0.3) is 5.91 Å². The molecule has 2 aromatic carbocycles. The zero-order valence-electron chi connectivity index (χ0n) is 18.6. The van der Waals surface area contributed by atoms with E-state index >= 15 is 0 Å². The molecule has 8 heteroatoms. The summed E-state index contributed by atoms with van der Waals surface area (Å²) in [5, 5.41) is 2.95. The molecule has 1 aliphatic heterocycles. The second-order valence-electron chi connectivity index (χ2n) is 7.68. The van der Waals surface area contributed by atoms with E-state index in [0.29, 0.717) is 43.2 Å². The number of carbonyl (C=O) groups is 2. The molecule has 0 aliphatic carbocycles. The monoisotopic (exact) mass is 444 g/mol. The Bertz CT molecular complexity index is 934. The minimum absolute atomic E-state index is 0.126. The molecule has 3 rings (SSSR count). The molecule has 0 spiro atoms. The van der Waals surface area contributed by atoms with Gasteiger partial charge in [-0.1, -0.05) is 6.07 Å². The summed E-state index contributed by atoms with van der Waals surface area (Å²) in [5.41, 5.74) is 1.22. The van der Waals surface area contributed by atoms with Gasteiger partial charge >= 0.3 is 0 Å². The lowest BCUT2D eigenvalue weighted by Gasteiger charge is -2.21. The van der Waals surface area contributed by atoms with Gasteiger partial charge in [-0.2, -0.15) is 0 Å². The van der Waals surface area contributed by atoms with Crippen molar-refractivity contribution in [1.82, 2.24) is 10.2 Å². The van der Waals surface area contributed by atoms with Crippen molar-refractivity contribution in [2.24, 2.45) is 5.92 Å². The number of hydrogen-bond acceptors (Lipinski definition) is 5. The minimum Gasteiger partial charge on any atom is -0.497 e. The molecule has 2 aromatic rings. The summed E-state index contributed by atoms with van der Waals surface area (Å²) < 4.78 is 29.2. The topological polar surface area (TPSA) is 77.1 Å². The molecule has 1 fully saturated rings. The van der Waals surface area contributed by atoms with Gasteiger partial charge in [0.05, 0.1) is 20.1 Å². The third-order valence-electron chi connectivity index (χ3n) is 5.70. The summed E-state index contributed by atoms with van der Waals surface area (Å²) in [6.07, 6.45) is 0.698. The van der Waals surface area contributed by atoms with Crippen molar-refractivity contribution in [2.75, 3.05) is 47.6 Å². The first kappa shape index (κ1) is 23.5. The van der Waals surface area contributed by atoms with E-state index in [-0.39, 0.29) is 24.3 Å². The van der Waals surface area contributed by atoms with Gasteiger partial charge in [-0.25, -0.2) is 4.39 Å². The van der Waals surface area contributed by atoms with Crippen LogP contribution in [0.25, 0.3) is 0 Å². The number of hydrogen-bond donors (Lipinski definition) is 1. The largest absolute Gasteiger partial charge is 0.497 e. The average Bonchev–Trinajstić information content (AvgIpc) is 3.26. The number of carbonyl (C=O) groups excluding carboxylic acids is 2. The summed E-state index contributed by atoms with van der Waals surface area (Å²) in [6.45, 7) is 1.64. The number of methoxy groups -OCH3 is 3. The maximum Gasteiger partial charge on any atom is 0.253 e. The zero-order chi connectivity index (χ0) is 23.1. The lowest BCUT2D eigenvalue weighted by molar-refractivity contribution is -0.125. The Kier molecular flexibility index (Phi) is 8.05. The van der Waals surface area contributed by atoms with E-state index in [1.807, 2.05) is 12.1 Å². The van der Waals surface area contributed by atoms with Crippen LogP contribution >= 0.6 is 0 Å². The van der Waals surface area contributed by atoms with Crippen molar-refractivity contribution in [3.8, 4) is 11.5 Å². The summed E-state index contributed by atoms with van der Waals surface area (Å²) in [5.74, 6) is -0.245. The van der Waals surface area contributed by atoms with Crippen molar-refractivity contribution in [1.29, 1.82) is 0 Å². The molecule has 0 aromatic heterocycles. The van der Waals surface area contributed by atoms with Crippen LogP contribution in [0.4, 0.5) is 4.39 Å². The molecule has 7 nitrogen and oxygen atoms in total. The van der Waals surface area contributed by atoms with Crippen molar-refractivity contribution in [3.63, 3.8) is 0 Å². The molecule has 1 saturated heterocycles. The molecular formula is C24H29FN2O5. The summed E-state index contributed by atoms with van der Waals surface area (Å²) in [4.78, 5) is 27.8. The fraction of sp³-hybridized carbons (Fsp3) is 0.417. The lowest BCUT2D eigenvalue weighted by Crippen LogP contribution is -2.36. The molecule has 2 amide bonds. The average molecular weight is 445 g/mol. The van der Waals surface area contributed by atoms with Gasteiger partial charge in [0, 0.05) is 56.5 Å².